The number of ether oxygens (including phenoxy) is 1. The highest BCUT2D eigenvalue weighted by molar-refractivity contribution is 6.06. The second kappa shape index (κ2) is 9.11. The van der Waals surface area contributed by atoms with Crippen LogP contribution < -0.4 is 25.8 Å². The van der Waals surface area contributed by atoms with Crippen molar-refractivity contribution in [3.05, 3.63) is 72.5 Å². The monoisotopic (exact) mass is 434 g/mol. The molecule has 1 atom stereocenters. The first-order valence-electron chi connectivity index (χ1n) is 9.19. The van der Waals surface area contributed by atoms with Crippen LogP contribution in [0.5, 0.6) is 5.75 Å². The lowest BCUT2D eigenvalue weighted by Gasteiger charge is -2.24. The molecule has 4 N–H and O–H groups in total. The van der Waals surface area contributed by atoms with Crippen LogP contribution in [-0.2, 0) is 4.79 Å². The summed E-state index contributed by atoms with van der Waals surface area (Å²) in [5.74, 6) is -0.397. The number of carbonyl (C=O) groups excluding carboxylic acids is 1. The van der Waals surface area contributed by atoms with E-state index in [-0.39, 0.29) is 17.9 Å². The largest absolute Gasteiger partial charge is 0.497 e. The SMILES string of the molecule is C=CC(O)Nc1cccc(NC(=O)C2=C(C(F)(F)F)N(c3ccc(OC)cc3)NC2)c1. The molecule has 3 rings (SSSR count). The lowest BCUT2D eigenvalue weighted by atomic mass is 10.1. The zero-order valence-corrected chi connectivity index (χ0v) is 16.5. The van der Waals surface area contributed by atoms with E-state index in [1.165, 1.54) is 49.6 Å². The van der Waals surface area contributed by atoms with Crippen LogP contribution in [0.1, 0.15) is 0 Å². The van der Waals surface area contributed by atoms with Gasteiger partial charge in [0.25, 0.3) is 5.91 Å². The number of rotatable bonds is 7. The molecule has 0 saturated carbocycles. The molecule has 1 aliphatic heterocycles. The van der Waals surface area contributed by atoms with E-state index in [9.17, 15) is 23.1 Å². The van der Waals surface area contributed by atoms with E-state index in [1.54, 1.807) is 12.1 Å². The predicted octanol–water partition coefficient (Wildman–Crippen LogP) is 3.39. The molecule has 164 valence electrons. The third-order valence-corrected chi connectivity index (χ3v) is 4.45. The van der Waals surface area contributed by atoms with Gasteiger partial charge in [-0.3, -0.25) is 9.80 Å². The van der Waals surface area contributed by atoms with Crippen LogP contribution in [-0.4, -0.2) is 37.1 Å². The molecule has 0 saturated heterocycles. The number of amides is 1. The number of hydrazine groups is 1. The molecule has 10 heteroatoms. The number of carbonyl (C=O) groups is 1. The number of hydrogen-bond acceptors (Lipinski definition) is 6. The van der Waals surface area contributed by atoms with Gasteiger partial charge in [0.2, 0.25) is 0 Å². The van der Waals surface area contributed by atoms with E-state index >= 15 is 0 Å². The van der Waals surface area contributed by atoms with E-state index in [0.29, 0.717) is 11.4 Å². The molecule has 1 aliphatic rings. The maximum absolute atomic E-state index is 13.8. The van der Waals surface area contributed by atoms with Crippen LogP contribution in [0.2, 0.25) is 0 Å². The number of halogens is 3. The number of aliphatic hydroxyl groups excluding tert-OH is 1. The molecule has 1 heterocycles. The van der Waals surface area contributed by atoms with Gasteiger partial charge in [0.1, 0.15) is 17.7 Å². The van der Waals surface area contributed by atoms with Gasteiger partial charge in [-0.2, -0.15) is 13.2 Å². The average molecular weight is 434 g/mol. The van der Waals surface area contributed by atoms with Crippen molar-refractivity contribution in [2.45, 2.75) is 12.4 Å². The molecule has 1 amide bonds. The number of methoxy groups -OCH3 is 1. The minimum absolute atomic E-state index is 0.209. The Kier molecular flexibility index (Phi) is 6.52. The number of hydrogen-bond donors (Lipinski definition) is 4. The van der Waals surface area contributed by atoms with Gasteiger partial charge >= 0.3 is 6.18 Å². The van der Waals surface area contributed by atoms with Crippen molar-refractivity contribution >= 4 is 23.0 Å². The van der Waals surface area contributed by atoms with Gasteiger partial charge in [0.05, 0.1) is 18.4 Å². The summed E-state index contributed by atoms with van der Waals surface area (Å²) in [7, 11) is 1.45. The number of nitrogens with one attached hydrogen (secondary N) is 3. The molecular weight excluding hydrogens is 413 g/mol. The Bertz CT molecular complexity index is 990. The highest BCUT2D eigenvalue weighted by Crippen LogP contribution is 2.37. The molecule has 0 fully saturated rings. The standard InChI is InChI=1S/C21H21F3N4O3/c1-3-18(29)26-13-5-4-6-14(11-13)27-20(30)17-12-25-28(19(17)21(22,23)24)15-7-9-16(31-2)10-8-15/h3-11,18,25-26,29H,1,12H2,2H3,(H,27,30). The summed E-state index contributed by atoms with van der Waals surface area (Å²) in [6.07, 6.45) is -4.51. The average Bonchev–Trinajstić information content (AvgIpc) is 3.20. The first-order chi connectivity index (χ1) is 14.7. The predicted molar refractivity (Wildman–Crippen MR) is 111 cm³/mol. The van der Waals surface area contributed by atoms with E-state index in [0.717, 1.165) is 5.01 Å². The van der Waals surface area contributed by atoms with Crippen LogP contribution in [0.3, 0.4) is 0 Å². The van der Waals surface area contributed by atoms with Crippen molar-refractivity contribution in [3.8, 4) is 5.75 Å². The van der Waals surface area contributed by atoms with Crippen molar-refractivity contribution in [1.82, 2.24) is 5.43 Å². The first-order valence-corrected chi connectivity index (χ1v) is 9.19. The Balaban J connectivity index is 1.87. The maximum atomic E-state index is 13.8. The smallest absolute Gasteiger partial charge is 0.433 e. The number of nitrogens with zero attached hydrogens (tertiary/aromatic N) is 1. The topological polar surface area (TPSA) is 85.9 Å². The van der Waals surface area contributed by atoms with Crippen LogP contribution in [0.25, 0.3) is 0 Å². The fourth-order valence-electron chi connectivity index (χ4n) is 3.02. The van der Waals surface area contributed by atoms with Gasteiger partial charge in [-0.25, -0.2) is 5.43 Å². The Morgan fingerprint density at radius 2 is 1.94 bits per heavy atom. The van der Waals surface area contributed by atoms with Crippen LogP contribution >= 0.6 is 0 Å². The highest BCUT2D eigenvalue weighted by atomic mass is 19.4. The number of aliphatic hydroxyl groups is 1. The van der Waals surface area contributed by atoms with Gasteiger partial charge in [-0.05, 0) is 48.5 Å². The van der Waals surface area contributed by atoms with Gasteiger partial charge < -0.3 is 20.5 Å². The summed E-state index contributed by atoms with van der Waals surface area (Å²) in [4.78, 5) is 12.7. The Hall–Kier alpha value is -3.50. The number of benzene rings is 2. The lowest BCUT2D eigenvalue weighted by Crippen LogP contribution is -2.36. The number of anilines is 3. The summed E-state index contributed by atoms with van der Waals surface area (Å²) in [6, 6.07) is 12.2. The van der Waals surface area contributed by atoms with Gasteiger partial charge in [0, 0.05) is 17.9 Å². The Morgan fingerprint density at radius 1 is 1.26 bits per heavy atom. The number of allylic oxidation sites excluding steroid dienone is 1. The van der Waals surface area contributed by atoms with Gasteiger partial charge in [0.15, 0.2) is 0 Å². The fraction of sp³-hybridized carbons (Fsp3) is 0.190. The molecular formula is C21H21F3N4O3. The minimum Gasteiger partial charge on any atom is -0.497 e. The van der Waals surface area contributed by atoms with Crippen LogP contribution in [0, 0.1) is 0 Å². The summed E-state index contributed by atoms with van der Waals surface area (Å²) in [5, 5.41) is 15.6. The minimum atomic E-state index is -4.77. The molecule has 0 radical (unpaired) electrons. The lowest BCUT2D eigenvalue weighted by molar-refractivity contribution is -0.114. The molecule has 2 aromatic rings. The zero-order valence-electron chi connectivity index (χ0n) is 16.5. The second-order valence-electron chi connectivity index (χ2n) is 6.55. The Labute approximate surface area is 176 Å². The van der Waals surface area contributed by atoms with Crippen molar-refractivity contribution < 1.29 is 27.8 Å². The molecule has 0 spiro atoms. The molecule has 1 unspecified atom stereocenters. The summed E-state index contributed by atoms with van der Waals surface area (Å²) in [6.45, 7) is 3.13. The van der Waals surface area contributed by atoms with Crippen LogP contribution in [0.15, 0.2) is 72.5 Å². The van der Waals surface area contributed by atoms with E-state index in [4.69, 9.17) is 4.74 Å². The zero-order chi connectivity index (χ0) is 22.6. The van der Waals surface area contributed by atoms with Crippen molar-refractivity contribution in [2.75, 3.05) is 29.3 Å². The summed E-state index contributed by atoms with van der Waals surface area (Å²) >= 11 is 0. The van der Waals surface area contributed by atoms with E-state index in [1.807, 2.05) is 0 Å². The third-order valence-electron chi connectivity index (χ3n) is 4.45. The molecule has 0 aromatic heterocycles. The summed E-state index contributed by atoms with van der Waals surface area (Å²) < 4.78 is 46.6. The van der Waals surface area contributed by atoms with E-state index in [2.05, 4.69) is 22.6 Å². The molecule has 31 heavy (non-hydrogen) atoms. The maximum Gasteiger partial charge on any atom is 0.433 e. The fourth-order valence-corrected chi connectivity index (χ4v) is 3.02. The third kappa shape index (κ3) is 5.16. The summed E-state index contributed by atoms with van der Waals surface area (Å²) in [5.41, 5.74) is 2.00. The van der Waals surface area contributed by atoms with Crippen LogP contribution in [0.4, 0.5) is 30.2 Å². The molecule has 7 nitrogen and oxygen atoms in total. The van der Waals surface area contributed by atoms with Gasteiger partial charge in [-0.15, -0.1) is 0 Å². The highest BCUT2D eigenvalue weighted by Gasteiger charge is 2.45. The second-order valence-corrected chi connectivity index (χ2v) is 6.55. The Morgan fingerprint density at radius 3 is 2.55 bits per heavy atom. The van der Waals surface area contributed by atoms with E-state index < -0.39 is 29.6 Å². The molecule has 0 bridgehead atoms. The van der Waals surface area contributed by atoms with Gasteiger partial charge in [-0.1, -0.05) is 12.6 Å². The first kappa shape index (κ1) is 22.2. The quantitative estimate of drug-likeness (QED) is 0.395. The molecule has 0 aliphatic carbocycles. The van der Waals surface area contributed by atoms with Crippen molar-refractivity contribution in [3.63, 3.8) is 0 Å². The van der Waals surface area contributed by atoms with Crippen molar-refractivity contribution in [2.24, 2.45) is 0 Å². The van der Waals surface area contributed by atoms with Crippen molar-refractivity contribution in [1.29, 1.82) is 0 Å². The molecule has 2 aromatic carbocycles. The normalized spacial score (nSPS) is 14.9. The number of alkyl halides is 3.